The van der Waals surface area contributed by atoms with Crippen LogP contribution >= 0.6 is 0 Å². The van der Waals surface area contributed by atoms with Crippen LogP contribution in [0.1, 0.15) is 42.9 Å². The molecule has 27 heavy (non-hydrogen) atoms. The van der Waals surface area contributed by atoms with Gasteiger partial charge in [-0.2, -0.15) is 0 Å². The monoisotopic (exact) mass is 368 g/mol. The zero-order valence-corrected chi connectivity index (χ0v) is 16.3. The Kier molecular flexibility index (Phi) is 5.96. The van der Waals surface area contributed by atoms with Gasteiger partial charge in [-0.15, -0.1) is 0 Å². The van der Waals surface area contributed by atoms with Crippen LogP contribution in [0.25, 0.3) is 0 Å². The van der Waals surface area contributed by atoms with E-state index in [1.54, 1.807) is 17.0 Å². The lowest BCUT2D eigenvalue weighted by Crippen LogP contribution is -2.41. The van der Waals surface area contributed by atoms with E-state index in [2.05, 4.69) is 34.0 Å². The molecule has 6 heteroatoms. The van der Waals surface area contributed by atoms with Crippen molar-refractivity contribution in [1.82, 2.24) is 14.4 Å². The van der Waals surface area contributed by atoms with Crippen LogP contribution in [0.2, 0.25) is 0 Å². The van der Waals surface area contributed by atoms with Gasteiger partial charge in [-0.25, -0.2) is 0 Å². The average Bonchev–Trinajstić information content (AvgIpc) is 3.15. The van der Waals surface area contributed by atoms with Crippen molar-refractivity contribution >= 4 is 17.5 Å². The Morgan fingerprint density at radius 1 is 1.15 bits per heavy atom. The summed E-state index contributed by atoms with van der Waals surface area (Å²) in [4.78, 5) is 29.0. The van der Waals surface area contributed by atoms with Crippen molar-refractivity contribution in [3.63, 3.8) is 0 Å². The molecule has 1 aromatic carbocycles. The number of amides is 2. The first-order valence-corrected chi connectivity index (χ1v) is 9.61. The van der Waals surface area contributed by atoms with Crippen LogP contribution in [0, 0.1) is 0 Å². The minimum atomic E-state index is -0.0608. The third-order valence-electron chi connectivity index (χ3n) is 5.26. The van der Waals surface area contributed by atoms with Crippen molar-refractivity contribution in [2.45, 2.75) is 33.4 Å². The summed E-state index contributed by atoms with van der Waals surface area (Å²) in [7, 11) is 0. The maximum absolute atomic E-state index is 12.5. The number of benzene rings is 1. The molecule has 2 amide bonds. The van der Waals surface area contributed by atoms with Gasteiger partial charge in [-0.1, -0.05) is 6.07 Å². The third kappa shape index (κ3) is 4.22. The molecule has 2 aromatic rings. The Morgan fingerprint density at radius 3 is 2.67 bits per heavy atom. The smallest absolute Gasteiger partial charge is 0.253 e. The average molecular weight is 368 g/mol. The van der Waals surface area contributed by atoms with Crippen molar-refractivity contribution in [3.05, 3.63) is 53.9 Å². The zero-order chi connectivity index (χ0) is 19.4. The van der Waals surface area contributed by atoms with Gasteiger partial charge >= 0.3 is 0 Å². The summed E-state index contributed by atoms with van der Waals surface area (Å²) < 4.78 is 2.24. The highest BCUT2D eigenvalue weighted by Gasteiger charge is 2.25. The molecule has 1 aliphatic heterocycles. The maximum atomic E-state index is 12.5. The highest BCUT2D eigenvalue weighted by Crippen LogP contribution is 2.25. The Balaban J connectivity index is 1.63. The van der Waals surface area contributed by atoms with Crippen LogP contribution in [0.3, 0.4) is 0 Å². The van der Waals surface area contributed by atoms with Crippen LogP contribution in [-0.4, -0.2) is 52.4 Å². The molecule has 0 saturated carbocycles. The second-order valence-corrected chi connectivity index (χ2v) is 6.88. The number of aromatic nitrogens is 1. The minimum Gasteiger partial charge on any atom is -0.349 e. The van der Waals surface area contributed by atoms with Gasteiger partial charge in [0.2, 0.25) is 5.91 Å². The van der Waals surface area contributed by atoms with Gasteiger partial charge in [0.05, 0.1) is 6.54 Å². The lowest BCUT2D eigenvalue weighted by atomic mass is 10.1. The van der Waals surface area contributed by atoms with Gasteiger partial charge in [-0.3, -0.25) is 14.5 Å². The molecule has 0 bridgehead atoms. The molecule has 0 unspecified atom stereocenters. The van der Waals surface area contributed by atoms with Crippen LogP contribution in [0.4, 0.5) is 5.69 Å². The molecule has 3 rings (SSSR count). The summed E-state index contributed by atoms with van der Waals surface area (Å²) in [5.41, 5.74) is 2.49. The zero-order valence-electron chi connectivity index (χ0n) is 16.3. The van der Waals surface area contributed by atoms with Gasteiger partial charge in [0, 0.05) is 55.4 Å². The van der Waals surface area contributed by atoms with Crippen molar-refractivity contribution in [3.8, 4) is 0 Å². The van der Waals surface area contributed by atoms with E-state index in [0.717, 1.165) is 13.1 Å². The number of hydrogen-bond acceptors (Lipinski definition) is 3. The maximum Gasteiger partial charge on any atom is 0.253 e. The second kappa shape index (κ2) is 8.39. The number of anilines is 1. The first-order chi connectivity index (χ1) is 13.0. The number of hydrogen-bond donors (Lipinski definition) is 1. The van der Waals surface area contributed by atoms with Crippen LogP contribution in [-0.2, 0) is 11.3 Å². The van der Waals surface area contributed by atoms with Crippen molar-refractivity contribution in [1.29, 1.82) is 0 Å². The van der Waals surface area contributed by atoms with Gasteiger partial charge < -0.3 is 14.8 Å². The van der Waals surface area contributed by atoms with E-state index in [4.69, 9.17) is 0 Å². The third-order valence-corrected chi connectivity index (χ3v) is 5.26. The Labute approximate surface area is 160 Å². The summed E-state index contributed by atoms with van der Waals surface area (Å²) in [5.74, 6) is -0.0733. The van der Waals surface area contributed by atoms with Crippen molar-refractivity contribution < 1.29 is 9.59 Å². The fourth-order valence-corrected chi connectivity index (χ4v) is 3.65. The van der Waals surface area contributed by atoms with Gasteiger partial charge in [0.25, 0.3) is 5.91 Å². The summed E-state index contributed by atoms with van der Waals surface area (Å²) in [6, 6.07) is 11.5. The standard InChI is InChI=1S/C21H28N4O2/c1-4-23(5-2)21(27)17-8-6-9-18(14-17)22-20(26)15-25-13-12-24-11-7-10-19(24)16(25)3/h6-11,14,16H,4-5,12-13,15H2,1-3H3,(H,22,26)/t16-/m0/s1. The van der Waals surface area contributed by atoms with E-state index < -0.39 is 0 Å². The summed E-state index contributed by atoms with van der Waals surface area (Å²) in [5, 5.41) is 2.94. The molecule has 0 fully saturated rings. The molecule has 1 aliphatic rings. The fraction of sp³-hybridized carbons (Fsp3) is 0.429. The number of carbonyl (C=O) groups excluding carboxylic acids is 2. The summed E-state index contributed by atoms with van der Waals surface area (Å²) in [6.07, 6.45) is 2.08. The molecule has 1 N–H and O–H groups in total. The number of nitrogens with zero attached hydrogens (tertiary/aromatic N) is 3. The molecule has 0 aliphatic carbocycles. The lowest BCUT2D eigenvalue weighted by molar-refractivity contribution is -0.118. The van der Waals surface area contributed by atoms with E-state index in [1.807, 2.05) is 32.0 Å². The van der Waals surface area contributed by atoms with E-state index in [0.29, 0.717) is 30.9 Å². The van der Waals surface area contributed by atoms with E-state index in [-0.39, 0.29) is 17.9 Å². The molecular formula is C21H28N4O2. The highest BCUT2D eigenvalue weighted by molar-refractivity contribution is 5.97. The molecule has 6 nitrogen and oxygen atoms in total. The molecule has 2 heterocycles. The Morgan fingerprint density at radius 2 is 1.93 bits per heavy atom. The van der Waals surface area contributed by atoms with Crippen LogP contribution in [0.5, 0.6) is 0 Å². The summed E-state index contributed by atoms with van der Waals surface area (Å²) in [6.45, 7) is 9.46. The van der Waals surface area contributed by atoms with Gasteiger partial charge in [0.15, 0.2) is 0 Å². The predicted octanol–water partition coefficient (Wildman–Crippen LogP) is 2.99. The second-order valence-electron chi connectivity index (χ2n) is 6.88. The first-order valence-electron chi connectivity index (χ1n) is 9.61. The first kappa shape index (κ1) is 19.2. The quantitative estimate of drug-likeness (QED) is 0.853. The fourth-order valence-electron chi connectivity index (χ4n) is 3.65. The molecular weight excluding hydrogens is 340 g/mol. The van der Waals surface area contributed by atoms with Crippen molar-refractivity contribution in [2.24, 2.45) is 0 Å². The summed E-state index contributed by atoms with van der Waals surface area (Å²) >= 11 is 0. The number of carbonyl (C=O) groups is 2. The molecule has 0 saturated heterocycles. The number of nitrogens with one attached hydrogen (secondary N) is 1. The largest absolute Gasteiger partial charge is 0.349 e. The number of rotatable bonds is 6. The lowest BCUT2D eigenvalue weighted by Gasteiger charge is -2.34. The topological polar surface area (TPSA) is 57.6 Å². The number of fused-ring (bicyclic) bond motifs is 1. The Hall–Kier alpha value is -2.60. The molecule has 1 atom stereocenters. The molecule has 0 spiro atoms. The normalized spacial score (nSPS) is 16.6. The van der Waals surface area contributed by atoms with E-state index in [1.165, 1.54) is 5.69 Å². The van der Waals surface area contributed by atoms with Gasteiger partial charge in [0.1, 0.15) is 0 Å². The SMILES string of the molecule is CCN(CC)C(=O)c1cccc(NC(=O)CN2CCn3cccc3[C@@H]2C)c1. The van der Waals surface area contributed by atoms with Crippen molar-refractivity contribution in [2.75, 3.05) is 31.5 Å². The minimum absolute atomic E-state index is 0.0125. The molecule has 0 radical (unpaired) electrons. The van der Waals surface area contributed by atoms with Crippen LogP contribution < -0.4 is 5.32 Å². The van der Waals surface area contributed by atoms with Crippen LogP contribution in [0.15, 0.2) is 42.6 Å². The highest BCUT2D eigenvalue weighted by atomic mass is 16.2. The predicted molar refractivity (Wildman–Crippen MR) is 107 cm³/mol. The van der Waals surface area contributed by atoms with Gasteiger partial charge in [-0.05, 0) is 51.1 Å². The molecule has 1 aromatic heterocycles. The molecule has 144 valence electrons. The van der Waals surface area contributed by atoms with E-state index in [9.17, 15) is 9.59 Å². The van der Waals surface area contributed by atoms with E-state index >= 15 is 0 Å². The Bertz CT molecular complexity index is 810.